The van der Waals surface area contributed by atoms with E-state index in [1.165, 1.54) is 0 Å². The van der Waals surface area contributed by atoms with Crippen molar-refractivity contribution in [3.05, 3.63) is 0 Å². The van der Waals surface area contributed by atoms with Gasteiger partial charge in [0.2, 0.25) is 0 Å². The Morgan fingerprint density at radius 2 is 2.00 bits per heavy atom. The van der Waals surface area contributed by atoms with Gasteiger partial charge in [-0.3, -0.25) is 0 Å². The smallest absolute Gasteiger partial charge is 0.158 e. The average molecular weight is 258 g/mol. The van der Waals surface area contributed by atoms with E-state index < -0.39 is 0 Å². The van der Waals surface area contributed by atoms with Gasteiger partial charge in [0, 0.05) is 15.9 Å². The van der Waals surface area contributed by atoms with Crippen molar-refractivity contribution in [3.8, 4) is 10.8 Å². The molecule has 0 aliphatic carbocycles. The number of quaternary nitrogens is 1. The number of nitrogens with two attached hydrogens (primary N) is 1. The van der Waals surface area contributed by atoms with Crippen LogP contribution in [0.2, 0.25) is 0 Å². The lowest BCUT2D eigenvalue weighted by Gasteiger charge is -2.18. The molecule has 0 aromatic rings. The Morgan fingerprint density at radius 3 is 2.11 bits per heavy atom. The van der Waals surface area contributed by atoms with E-state index >= 15 is 0 Å². The predicted octanol–water partition coefficient (Wildman–Crippen LogP) is -2.70. The minimum atomic E-state index is 0. The molecule has 0 saturated heterocycles. The molecular formula is C5H10Br2N2. The highest BCUT2D eigenvalue weighted by molar-refractivity contribution is 9.12. The Labute approximate surface area is 74.9 Å². The Morgan fingerprint density at radius 1 is 1.56 bits per heavy atom. The van der Waals surface area contributed by atoms with Gasteiger partial charge >= 0.3 is 0 Å². The molecule has 0 bridgehead atoms. The SMILES string of the molecule is C[N+](C)(N)CC#CBr.[Br-]. The van der Waals surface area contributed by atoms with E-state index in [-0.39, 0.29) is 17.0 Å². The van der Waals surface area contributed by atoms with Crippen molar-refractivity contribution in [2.45, 2.75) is 0 Å². The number of hydrogen-bond acceptors (Lipinski definition) is 1. The molecule has 0 saturated carbocycles. The number of hydrogen-bond donors (Lipinski definition) is 1. The van der Waals surface area contributed by atoms with Gasteiger partial charge in [0.1, 0.15) is 0 Å². The van der Waals surface area contributed by atoms with E-state index in [2.05, 4.69) is 26.7 Å². The lowest BCUT2D eigenvalue weighted by Crippen LogP contribution is -3.00. The molecule has 9 heavy (non-hydrogen) atoms. The molecule has 2 nitrogen and oxygen atoms in total. The van der Waals surface area contributed by atoms with Gasteiger partial charge in [-0.05, 0) is 10.8 Å². The fourth-order valence-corrected chi connectivity index (χ4v) is 0.359. The van der Waals surface area contributed by atoms with Crippen LogP contribution in [0.5, 0.6) is 0 Å². The van der Waals surface area contributed by atoms with Gasteiger partial charge in [-0.2, -0.15) is 5.84 Å². The first kappa shape index (κ1) is 12.1. The zero-order chi connectivity index (χ0) is 6.62. The highest BCUT2D eigenvalue weighted by Crippen LogP contribution is 1.81. The van der Waals surface area contributed by atoms with E-state index in [0.717, 1.165) is 0 Å². The average Bonchev–Trinajstić information content (AvgIpc) is 1.59. The third-order valence-corrected chi connectivity index (χ3v) is 0.834. The summed E-state index contributed by atoms with van der Waals surface area (Å²) < 4.78 is 0.401. The Bertz CT molecular complexity index is 117. The van der Waals surface area contributed by atoms with Crippen LogP contribution in [-0.4, -0.2) is 25.2 Å². The third-order valence-electron chi connectivity index (χ3n) is 0.553. The van der Waals surface area contributed by atoms with Crippen LogP contribution in [0, 0.1) is 10.8 Å². The van der Waals surface area contributed by atoms with Crippen LogP contribution < -0.4 is 22.8 Å². The summed E-state index contributed by atoms with van der Waals surface area (Å²) >= 11 is 2.98. The summed E-state index contributed by atoms with van der Waals surface area (Å²) in [6, 6.07) is 0. The second-order valence-corrected chi connectivity index (χ2v) is 2.60. The summed E-state index contributed by atoms with van der Waals surface area (Å²) in [5, 5.41) is 0. The molecule has 0 aliphatic rings. The molecule has 0 fully saturated rings. The summed E-state index contributed by atoms with van der Waals surface area (Å²) in [5.74, 6) is 8.34. The topological polar surface area (TPSA) is 26.0 Å². The molecule has 0 unspecified atom stereocenters. The molecule has 0 spiro atoms. The van der Waals surface area contributed by atoms with Crippen molar-refractivity contribution in [2.75, 3.05) is 20.6 Å². The number of halogens is 2. The van der Waals surface area contributed by atoms with Crippen molar-refractivity contribution in [1.82, 2.24) is 0 Å². The Hall–Kier alpha value is 0.440. The molecule has 0 rings (SSSR count). The van der Waals surface area contributed by atoms with Gasteiger partial charge in [0.15, 0.2) is 6.54 Å². The van der Waals surface area contributed by atoms with Crippen molar-refractivity contribution in [3.63, 3.8) is 0 Å². The van der Waals surface area contributed by atoms with Crippen LogP contribution in [0.3, 0.4) is 0 Å². The van der Waals surface area contributed by atoms with Gasteiger partial charge in [0.25, 0.3) is 0 Å². The fourth-order valence-electron chi connectivity index (χ4n) is 0.234. The zero-order valence-corrected chi connectivity index (χ0v) is 8.66. The first-order valence-corrected chi connectivity index (χ1v) is 3.05. The first-order valence-electron chi connectivity index (χ1n) is 2.26. The molecule has 0 amide bonds. The van der Waals surface area contributed by atoms with E-state index in [0.29, 0.717) is 11.1 Å². The van der Waals surface area contributed by atoms with Gasteiger partial charge in [0.05, 0.1) is 14.1 Å². The van der Waals surface area contributed by atoms with Gasteiger partial charge < -0.3 is 17.0 Å². The minimum absolute atomic E-state index is 0. The van der Waals surface area contributed by atoms with E-state index in [4.69, 9.17) is 5.84 Å². The molecule has 0 aromatic carbocycles. The van der Waals surface area contributed by atoms with Crippen LogP contribution in [0.4, 0.5) is 0 Å². The minimum Gasteiger partial charge on any atom is -1.00 e. The van der Waals surface area contributed by atoms with Crippen molar-refractivity contribution >= 4 is 15.9 Å². The molecule has 54 valence electrons. The normalized spacial score (nSPS) is 8.89. The number of nitrogens with zero attached hydrogens (tertiary/aromatic N) is 1. The molecule has 0 atom stereocenters. The fraction of sp³-hybridized carbons (Fsp3) is 0.600. The van der Waals surface area contributed by atoms with Crippen LogP contribution >= 0.6 is 15.9 Å². The Kier molecular flexibility index (Phi) is 7.08. The van der Waals surface area contributed by atoms with E-state index in [1.807, 2.05) is 14.1 Å². The predicted molar refractivity (Wildman–Crippen MR) is 37.9 cm³/mol. The molecular weight excluding hydrogens is 248 g/mol. The second-order valence-electron chi connectivity index (χ2n) is 2.21. The van der Waals surface area contributed by atoms with Gasteiger partial charge in [-0.15, -0.1) is 0 Å². The van der Waals surface area contributed by atoms with Gasteiger partial charge in [-0.1, -0.05) is 0 Å². The maximum absolute atomic E-state index is 5.54. The monoisotopic (exact) mass is 256 g/mol. The van der Waals surface area contributed by atoms with Crippen molar-refractivity contribution in [1.29, 1.82) is 0 Å². The van der Waals surface area contributed by atoms with E-state index in [1.54, 1.807) is 0 Å². The van der Waals surface area contributed by atoms with Crippen LogP contribution in [-0.2, 0) is 0 Å². The molecule has 0 heterocycles. The highest BCUT2D eigenvalue weighted by Gasteiger charge is 2.02. The molecule has 0 aliphatic heterocycles. The van der Waals surface area contributed by atoms with Gasteiger partial charge in [-0.25, -0.2) is 4.59 Å². The molecule has 4 heteroatoms. The quantitative estimate of drug-likeness (QED) is 0.235. The molecule has 2 N–H and O–H groups in total. The summed E-state index contributed by atoms with van der Waals surface area (Å²) in [6.07, 6.45) is 0. The summed E-state index contributed by atoms with van der Waals surface area (Å²) in [4.78, 5) is 2.59. The maximum atomic E-state index is 5.54. The van der Waals surface area contributed by atoms with Crippen molar-refractivity contribution < 1.29 is 21.6 Å². The number of rotatable bonds is 1. The lowest BCUT2D eigenvalue weighted by atomic mass is 10.6. The zero-order valence-electron chi connectivity index (χ0n) is 5.49. The lowest BCUT2D eigenvalue weighted by molar-refractivity contribution is -0.895. The van der Waals surface area contributed by atoms with Crippen LogP contribution in [0.1, 0.15) is 0 Å². The molecule has 0 aromatic heterocycles. The summed E-state index contributed by atoms with van der Waals surface area (Å²) in [7, 11) is 3.77. The largest absolute Gasteiger partial charge is 1.00 e. The van der Waals surface area contributed by atoms with Crippen LogP contribution in [0.15, 0.2) is 0 Å². The van der Waals surface area contributed by atoms with Crippen LogP contribution in [0.25, 0.3) is 0 Å². The maximum Gasteiger partial charge on any atom is 0.158 e. The second kappa shape index (κ2) is 5.24. The van der Waals surface area contributed by atoms with E-state index in [9.17, 15) is 0 Å². The third kappa shape index (κ3) is 11.8. The molecule has 0 radical (unpaired) electrons. The standard InChI is InChI=1S/C5H10BrN2.BrH/c1-8(2,7)5-3-4-6;/h5,7H2,1-2H3;1H/q+1;/p-1. The summed E-state index contributed by atoms with van der Waals surface area (Å²) in [6.45, 7) is 0.672. The Balaban J connectivity index is 0. The first-order chi connectivity index (χ1) is 3.56. The summed E-state index contributed by atoms with van der Waals surface area (Å²) in [5.41, 5.74) is 0. The van der Waals surface area contributed by atoms with Crippen molar-refractivity contribution in [2.24, 2.45) is 5.84 Å². The highest BCUT2D eigenvalue weighted by atomic mass is 79.9.